The largest absolute Gasteiger partial charge is 0.340 e. The Bertz CT molecular complexity index is 984. The molecule has 1 heterocycles. The summed E-state index contributed by atoms with van der Waals surface area (Å²) in [5.41, 5.74) is 4.47. The quantitative estimate of drug-likeness (QED) is 0.556. The first-order chi connectivity index (χ1) is 13.0. The standard InChI is InChI=1S/C21H21N5O/c1-4-19(27)23-17-9-6-10-18(12-17)24-20-15(3)13-22-21(26-20)25-16-8-5-7-14(2)11-16/h4-13H,1H2,2-3H3,(H,23,27)(H2,22,24,25,26). The minimum atomic E-state index is -0.255. The van der Waals surface area contributed by atoms with Crippen molar-refractivity contribution in [3.63, 3.8) is 0 Å². The third-order valence-corrected chi connectivity index (χ3v) is 3.82. The van der Waals surface area contributed by atoms with Crippen molar-refractivity contribution in [2.45, 2.75) is 13.8 Å². The number of hydrogen-bond acceptors (Lipinski definition) is 5. The fourth-order valence-electron chi connectivity index (χ4n) is 2.49. The van der Waals surface area contributed by atoms with Crippen LogP contribution in [0.3, 0.4) is 0 Å². The van der Waals surface area contributed by atoms with Gasteiger partial charge < -0.3 is 16.0 Å². The molecule has 6 heteroatoms. The second kappa shape index (κ2) is 8.14. The molecule has 0 radical (unpaired) electrons. The number of aromatic nitrogens is 2. The first-order valence-corrected chi connectivity index (χ1v) is 8.51. The second-order valence-corrected chi connectivity index (χ2v) is 6.12. The Morgan fingerprint density at radius 1 is 1.00 bits per heavy atom. The minimum Gasteiger partial charge on any atom is -0.340 e. The first kappa shape index (κ1) is 18.1. The van der Waals surface area contributed by atoms with Crippen LogP contribution in [0.15, 0.2) is 67.4 Å². The minimum absolute atomic E-state index is 0.255. The molecule has 3 N–H and O–H groups in total. The van der Waals surface area contributed by atoms with E-state index in [1.54, 1.807) is 6.20 Å². The highest BCUT2D eigenvalue weighted by Gasteiger charge is 2.06. The number of nitrogens with zero attached hydrogens (tertiary/aromatic N) is 2. The van der Waals surface area contributed by atoms with E-state index in [0.717, 1.165) is 22.5 Å². The maximum absolute atomic E-state index is 11.5. The van der Waals surface area contributed by atoms with Crippen molar-refractivity contribution in [1.82, 2.24) is 9.97 Å². The molecule has 6 nitrogen and oxygen atoms in total. The summed E-state index contributed by atoms with van der Waals surface area (Å²) in [6.45, 7) is 7.42. The number of aryl methyl sites for hydroxylation is 2. The zero-order valence-corrected chi connectivity index (χ0v) is 15.3. The Labute approximate surface area is 158 Å². The summed E-state index contributed by atoms with van der Waals surface area (Å²) < 4.78 is 0. The zero-order valence-electron chi connectivity index (χ0n) is 15.3. The van der Waals surface area contributed by atoms with Gasteiger partial charge in [0.05, 0.1) is 0 Å². The summed E-state index contributed by atoms with van der Waals surface area (Å²) in [6, 6.07) is 15.4. The number of carbonyl (C=O) groups excluding carboxylic acids is 1. The van der Waals surface area contributed by atoms with Gasteiger partial charge in [-0.25, -0.2) is 4.98 Å². The number of benzene rings is 2. The molecule has 0 bridgehead atoms. The van der Waals surface area contributed by atoms with Gasteiger partial charge in [0.15, 0.2) is 0 Å². The van der Waals surface area contributed by atoms with E-state index in [2.05, 4.69) is 32.5 Å². The molecule has 2 aromatic carbocycles. The predicted molar refractivity (Wildman–Crippen MR) is 110 cm³/mol. The monoisotopic (exact) mass is 359 g/mol. The molecule has 1 aromatic heterocycles. The van der Waals surface area contributed by atoms with Crippen LogP contribution in [0.2, 0.25) is 0 Å². The Morgan fingerprint density at radius 2 is 1.70 bits per heavy atom. The predicted octanol–water partition coefficient (Wildman–Crippen LogP) is 4.71. The van der Waals surface area contributed by atoms with Crippen LogP contribution in [0.1, 0.15) is 11.1 Å². The highest BCUT2D eigenvalue weighted by atomic mass is 16.1. The molecule has 1 amide bonds. The molecular weight excluding hydrogens is 338 g/mol. The molecular formula is C21H21N5O. The van der Waals surface area contributed by atoms with Crippen LogP contribution in [0, 0.1) is 13.8 Å². The first-order valence-electron chi connectivity index (χ1n) is 8.51. The molecule has 3 aromatic rings. The summed E-state index contributed by atoms with van der Waals surface area (Å²) >= 11 is 0. The average molecular weight is 359 g/mol. The normalized spacial score (nSPS) is 10.1. The molecule has 0 aliphatic rings. The van der Waals surface area contributed by atoms with Crippen molar-refractivity contribution in [2.24, 2.45) is 0 Å². The van der Waals surface area contributed by atoms with E-state index in [1.165, 1.54) is 6.08 Å². The van der Waals surface area contributed by atoms with Crippen LogP contribution in [0.4, 0.5) is 28.8 Å². The Balaban J connectivity index is 1.79. The van der Waals surface area contributed by atoms with E-state index < -0.39 is 0 Å². The van der Waals surface area contributed by atoms with Gasteiger partial charge in [-0.05, 0) is 55.8 Å². The van der Waals surface area contributed by atoms with Gasteiger partial charge in [-0.3, -0.25) is 4.79 Å². The Morgan fingerprint density at radius 3 is 2.44 bits per heavy atom. The highest BCUT2D eigenvalue weighted by Crippen LogP contribution is 2.23. The van der Waals surface area contributed by atoms with Crippen molar-refractivity contribution < 1.29 is 4.79 Å². The molecule has 3 rings (SSSR count). The average Bonchev–Trinajstić information content (AvgIpc) is 2.65. The van der Waals surface area contributed by atoms with Crippen LogP contribution in [-0.4, -0.2) is 15.9 Å². The molecule has 0 atom stereocenters. The number of amides is 1. The van der Waals surface area contributed by atoms with Crippen molar-refractivity contribution in [3.8, 4) is 0 Å². The van der Waals surface area contributed by atoms with E-state index in [0.29, 0.717) is 17.5 Å². The molecule has 0 aliphatic heterocycles. The highest BCUT2D eigenvalue weighted by molar-refractivity contribution is 5.99. The van der Waals surface area contributed by atoms with Gasteiger partial charge in [0.2, 0.25) is 11.9 Å². The number of carbonyl (C=O) groups is 1. The lowest BCUT2D eigenvalue weighted by Crippen LogP contribution is -2.07. The van der Waals surface area contributed by atoms with E-state index in [9.17, 15) is 4.79 Å². The van der Waals surface area contributed by atoms with Crippen molar-refractivity contribution >= 4 is 34.7 Å². The molecule has 27 heavy (non-hydrogen) atoms. The van der Waals surface area contributed by atoms with Gasteiger partial charge in [-0.2, -0.15) is 4.98 Å². The third kappa shape index (κ3) is 4.92. The summed E-state index contributed by atoms with van der Waals surface area (Å²) in [4.78, 5) is 20.4. The van der Waals surface area contributed by atoms with Crippen LogP contribution in [0.25, 0.3) is 0 Å². The van der Waals surface area contributed by atoms with Gasteiger partial charge in [-0.1, -0.05) is 24.8 Å². The van der Waals surface area contributed by atoms with Crippen LogP contribution >= 0.6 is 0 Å². The molecule has 136 valence electrons. The maximum atomic E-state index is 11.5. The Hall–Kier alpha value is -3.67. The lowest BCUT2D eigenvalue weighted by molar-refractivity contribution is -0.111. The third-order valence-electron chi connectivity index (χ3n) is 3.82. The van der Waals surface area contributed by atoms with Crippen LogP contribution in [0.5, 0.6) is 0 Å². The van der Waals surface area contributed by atoms with Gasteiger partial charge in [-0.15, -0.1) is 0 Å². The van der Waals surface area contributed by atoms with Gasteiger partial charge in [0.1, 0.15) is 5.82 Å². The van der Waals surface area contributed by atoms with Crippen molar-refractivity contribution in [2.75, 3.05) is 16.0 Å². The zero-order chi connectivity index (χ0) is 19.2. The van der Waals surface area contributed by atoms with Crippen molar-refractivity contribution in [1.29, 1.82) is 0 Å². The van der Waals surface area contributed by atoms with E-state index in [4.69, 9.17) is 0 Å². The van der Waals surface area contributed by atoms with E-state index in [1.807, 2.05) is 62.4 Å². The number of anilines is 5. The number of rotatable bonds is 6. The van der Waals surface area contributed by atoms with E-state index in [-0.39, 0.29) is 5.91 Å². The molecule has 0 fully saturated rings. The number of hydrogen-bond donors (Lipinski definition) is 3. The molecule has 0 saturated carbocycles. The SMILES string of the molecule is C=CC(=O)Nc1cccc(Nc2nc(Nc3cccc(C)c3)ncc2C)c1. The molecule has 0 unspecified atom stereocenters. The topological polar surface area (TPSA) is 78.9 Å². The molecule has 0 spiro atoms. The summed E-state index contributed by atoms with van der Waals surface area (Å²) in [6.07, 6.45) is 2.99. The molecule has 0 saturated heterocycles. The summed E-state index contributed by atoms with van der Waals surface area (Å²) in [7, 11) is 0. The maximum Gasteiger partial charge on any atom is 0.247 e. The van der Waals surface area contributed by atoms with E-state index >= 15 is 0 Å². The van der Waals surface area contributed by atoms with Crippen LogP contribution < -0.4 is 16.0 Å². The van der Waals surface area contributed by atoms with Gasteiger partial charge in [0.25, 0.3) is 0 Å². The second-order valence-electron chi connectivity index (χ2n) is 6.12. The fraction of sp³-hybridized carbons (Fsp3) is 0.0952. The summed E-state index contributed by atoms with van der Waals surface area (Å²) in [5.74, 6) is 0.937. The number of nitrogens with one attached hydrogen (secondary N) is 3. The Kier molecular flexibility index (Phi) is 5.47. The summed E-state index contributed by atoms with van der Waals surface area (Å²) in [5, 5.41) is 9.23. The van der Waals surface area contributed by atoms with Gasteiger partial charge >= 0.3 is 0 Å². The molecule has 0 aliphatic carbocycles. The van der Waals surface area contributed by atoms with Crippen molar-refractivity contribution in [3.05, 3.63) is 78.5 Å². The van der Waals surface area contributed by atoms with Crippen LogP contribution in [-0.2, 0) is 4.79 Å². The van der Waals surface area contributed by atoms with Gasteiger partial charge in [0, 0.05) is 28.8 Å². The lowest BCUT2D eigenvalue weighted by atomic mass is 10.2. The lowest BCUT2D eigenvalue weighted by Gasteiger charge is -2.12. The fourth-order valence-corrected chi connectivity index (χ4v) is 2.49. The smallest absolute Gasteiger partial charge is 0.247 e.